The molecule has 0 aliphatic carbocycles. The van der Waals surface area contributed by atoms with Crippen LogP contribution >= 0.6 is 11.8 Å². The fourth-order valence-corrected chi connectivity index (χ4v) is 3.68. The molecule has 0 radical (unpaired) electrons. The van der Waals surface area contributed by atoms with E-state index in [1.165, 1.54) is 7.11 Å². The van der Waals surface area contributed by atoms with Crippen LogP contribution in [0.2, 0.25) is 0 Å². The number of carbonyl (C=O) groups excluding carboxylic acids is 2. The van der Waals surface area contributed by atoms with E-state index in [-0.39, 0.29) is 23.2 Å². The molecule has 1 heterocycles. The second-order valence-corrected chi connectivity index (χ2v) is 7.34. The van der Waals surface area contributed by atoms with Crippen LogP contribution in [0.1, 0.15) is 18.9 Å². The van der Waals surface area contributed by atoms with Gasteiger partial charge in [0, 0.05) is 0 Å². The Labute approximate surface area is 183 Å². The van der Waals surface area contributed by atoms with Crippen LogP contribution in [0.4, 0.5) is 10.5 Å². The topological polar surface area (TPSA) is 102 Å². The smallest absolute Gasteiger partial charge is 0.306 e. The van der Waals surface area contributed by atoms with Crippen LogP contribution in [0.3, 0.4) is 0 Å². The van der Waals surface area contributed by atoms with Gasteiger partial charge in [-0.2, -0.15) is 0 Å². The summed E-state index contributed by atoms with van der Waals surface area (Å²) in [5.41, 5.74) is 1.11. The number of carbonyl (C=O) groups is 3. The third-order valence-corrected chi connectivity index (χ3v) is 5.13. The predicted molar refractivity (Wildman–Crippen MR) is 117 cm³/mol. The van der Waals surface area contributed by atoms with Gasteiger partial charge in [-0.15, -0.1) is 0 Å². The van der Waals surface area contributed by atoms with Crippen molar-refractivity contribution >= 4 is 40.6 Å². The summed E-state index contributed by atoms with van der Waals surface area (Å²) in [4.78, 5) is 37.3. The van der Waals surface area contributed by atoms with Gasteiger partial charge in [0.2, 0.25) is 0 Å². The van der Waals surface area contributed by atoms with Gasteiger partial charge in [0.05, 0.1) is 37.3 Å². The number of hydrogen-bond donors (Lipinski definition) is 1. The average Bonchev–Trinajstić information content (AvgIpc) is 3.02. The second kappa shape index (κ2) is 10.0. The van der Waals surface area contributed by atoms with Crippen LogP contribution in [0.25, 0.3) is 6.08 Å². The Morgan fingerprint density at radius 1 is 1.10 bits per heavy atom. The second-order valence-electron chi connectivity index (χ2n) is 6.35. The molecule has 0 saturated carbocycles. The number of ether oxygens (including phenoxy) is 3. The maximum Gasteiger partial charge on any atom is 0.306 e. The zero-order valence-electron chi connectivity index (χ0n) is 17.0. The molecule has 1 aliphatic rings. The number of amides is 2. The summed E-state index contributed by atoms with van der Waals surface area (Å²) in [7, 11) is 1.46. The number of carboxylic acids is 1. The molecule has 1 aliphatic heterocycles. The van der Waals surface area contributed by atoms with Crippen molar-refractivity contribution in [3.63, 3.8) is 0 Å². The van der Waals surface area contributed by atoms with Gasteiger partial charge < -0.3 is 19.3 Å². The molecule has 8 nitrogen and oxygen atoms in total. The number of rotatable bonds is 9. The van der Waals surface area contributed by atoms with E-state index in [4.69, 9.17) is 19.3 Å². The lowest BCUT2D eigenvalue weighted by Crippen LogP contribution is -2.27. The van der Waals surface area contributed by atoms with Crippen molar-refractivity contribution in [3.05, 3.63) is 52.9 Å². The first-order valence-corrected chi connectivity index (χ1v) is 10.3. The molecule has 9 heteroatoms. The van der Waals surface area contributed by atoms with Crippen molar-refractivity contribution in [1.29, 1.82) is 0 Å². The zero-order valence-corrected chi connectivity index (χ0v) is 17.8. The number of benzene rings is 2. The van der Waals surface area contributed by atoms with E-state index in [2.05, 4.69) is 0 Å². The third kappa shape index (κ3) is 5.37. The maximum absolute atomic E-state index is 12.8. The summed E-state index contributed by atoms with van der Waals surface area (Å²) in [6.45, 7) is 2.40. The first-order valence-electron chi connectivity index (χ1n) is 9.46. The molecule has 31 heavy (non-hydrogen) atoms. The van der Waals surface area contributed by atoms with Crippen molar-refractivity contribution in [2.24, 2.45) is 0 Å². The van der Waals surface area contributed by atoms with E-state index in [1.54, 1.807) is 48.5 Å². The van der Waals surface area contributed by atoms with Crippen LogP contribution in [-0.4, -0.2) is 42.5 Å². The van der Waals surface area contributed by atoms with E-state index < -0.39 is 11.9 Å². The lowest BCUT2D eigenvalue weighted by Gasteiger charge is -2.13. The molecule has 1 N–H and O–H groups in total. The van der Waals surface area contributed by atoms with Crippen molar-refractivity contribution in [3.8, 4) is 17.2 Å². The fourth-order valence-electron chi connectivity index (χ4n) is 2.84. The van der Waals surface area contributed by atoms with Crippen LogP contribution in [0.5, 0.6) is 17.2 Å². The largest absolute Gasteiger partial charge is 0.494 e. The average molecular weight is 443 g/mol. The molecule has 1 saturated heterocycles. The Morgan fingerprint density at radius 3 is 2.48 bits per heavy atom. The van der Waals surface area contributed by atoms with Gasteiger partial charge in [0.25, 0.3) is 11.1 Å². The predicted octanol–water partition coefficient (Wildman–Crippen LogP) is 4.19. The highest BCUT2D eigenvalue weighted by atomic mass is 32.2. The number of thioether (sulfide) groups is 1. The molecule has 0 aromatic heterocycles. The van der Waals surface area contributed by atoms with Crippen LogP contribution in [0.15, 0.2) is 47.4 Å². The van der Waals surface area contributed by atoms with Gasteiger partial charge in [0.15, 0.2) is 11.5 Å². The molecule has 2 aromatic carbocycles. The summed E-state index contributed by atoms with van der Waals surface area (Å²) in [5.74, 6) is 0.0681. The van der Waals surface area contributed by atoms with Crippen LogP contribution in [0, 0.1) is 0 Å². The molecule has 0 atom stereocenters. The molecule has 2 amide bonds. The molecule has 0 spiro atoms. The molecule has 1 fully saturated rings. The molecule has 2 aromatic rings. The van der Waals surface area contributed by atoms with E-state index in [0.29, 0.717) is 35.1 Å². The summed E-state index contributed by atoms with van der Waals surface area (Å²) in [5, 5.41) is 8.33. The van der Waals surface area contributed by atoms with Gasteiger partial charge in [-0.3, -0.25) is 14.4 Å². The van der Waals surface area contributed by atoms with Crippen molar-refractivity contribution < 1.29 is 33.7 Å². The highest BCUT2D eigenvalue weighted by Crippen LogP contribution is 2.37. The van der Waals surface area contributed by atoms with Gasteiger partial charge in [-0.1, -0.05) is 6.07 Å². The molecule has 3 rings (SSSR count). The summed E-state index contributed by atoms with van der Waals surface area (Å²) < 4.78 is 16.1. The normalized spacial score (nSPS) is 14.8. The van der Waals surface area contributed by atoms with Gasteiger partial charge >= 0.3 is 5.97 Å². The number of aliphatic carboxylic acids is 1. The minimum atomic E-state index is -0.959. The molecule has 0 bridgehead atoms. The first-order chi connectivity index (χ1) is 14.9. The Morgan fingerprint density at radius 2 is 1.84 bits per heavy atom. The summed E-state index contributed by atoms with van der Waals surface area (Å²) >= 11 is 0.851. The standard InChI is InChI=1S/C22H21NO7S/c1-3-29-16-7-5-15(6-8-16)23-21(26)19(31-22(23)27)13-14-4-9-17(18(12-14)28-2)30-11-10-20(24)25/h4-9,12-13H,3,10-11H2,1-2H3,(H,24,25)/b19-13+. The number of methoxy groups -OCH3 is 1. The molecular weight excluding hydrogens is 422 g/mol. The van der Waals surface area contributed by atoms with Crippen molar-refractivity contribution in [1.82, 2.24) is 0 Å². The Hall–Kier alpha value is -3.46. The minimum absolute atomic E-state index is 0.00597. The maximum atomic E-state index is 12.8. The number of imide groups is 1. The SMILES string of the molecule is CCOc1ccc(N2C(=O)S/C(=C/c3ccc(OCCC(=O)O)c(OC)c3)C2=O)cc1. The Balaban J connectivity index is 1.78. The molecular formula is C22H21NO7S. The lowest BCUT2D eigenvalue weighted by atomic mass is 10.1. The number of hydrogen-bond acceptors (Lipinski definition) is 7. The zero-order chi connectivity index (χ0) is 22.4. The Bertz CT molecular complexity index is 1020. The van der Waals surface area contributed by atoms with E-state index in [0.717, 1.165) is 16.7 Å². The summed E-state index contributed by atoms with van der Waals surface area (Å²) in [6, 6.07) is 11.7. The van der Waals surface area contributed by atoms with E-state index in [1.807, 2.05) is 6.92 Å². The highest BCUT2D eigenvalue weighted by Gasteiger charge is 2.36. The minimum Gasteiger partial charge on any atom is -0.494 e. The monoisotopic (exact) mass is 443 g/mol. The van der Waals surface area contributed by atoms with Gasteiger partial charge in [-0.25, -0.2) is 4.90 Å². The Kier molecular flexibility index (Phi) is 7.19. The van der Waals surface area contributed by atoms with Gasteiger partial charge in [0.1, 0.15) is 5.75 Å². The van der Waals surface area contributed by atoms with Gasteiger partial charge in [-0.05, 0) is 66.7 Å². The fraction of sp³-hybridized carbons (Fsp3) is 0.227. The molecule has 162 valence electrons. The highest BCUT2D eigenvalue weighted by molar-refractivity contribution is 8.19. The summed E-state index contributed by atoms with van der Waals surface area (Å²) in [6.07, 6.45) is 1.46. The quantitative estimate of drug-likeness (QED) is 0.576. The molecule has 0 unspecified atom stereocenters. The van der Waals surface area contributed by atoms with Crippen molar-refractivity contribution in [2.45, 2.75) is 13.3 Å². The van der Waals surface area contributed by atoms with Crippen LogP contribution in [-0.2, 0) is 9.59 Å². The van der Waals surface area contributed by atoms with E-state index >= 15 is 0 Å². The first kappa shape index (κ1) is 22.2. The number of anilines is 1. The van der Waals surface area contributed by atoms with Crippen molar-refractivity contribution in [2.75, 3.05) is 25.2 Å². The number of nitrogens with zero attached hydrogens (tertiary/aromatic N) is 1. The van der Waals surface area contributed by atoms with Crippen LogP contribution < -0.4 is 19.1 Å². The number of carboxylic acid groups (broad SMARTS) is 1. The third-order valence-electron chi connectivity index (χ3n) is 4.26. The lowest BCUT2D eigenvalue weighted by molar-refractivity contribution is -0.137. The van der Waals surface area contributed by atoms with E-state index in [9.17, 15) is 14.4 Å².